The highest BCUT2D eigenvalue weighted by molar-refractivity contribution is 5.46. The van der Waals surface area contributed by atoms with Crippen molar-refractivity contribution in [2.75, 3.05) is 20.8 Å². The molecule has 7 nitrogen and oxygen atoms in total. The molecule has 1 aromatic carbocycles. The molecule has 1 aromatic heterocycles. The van der Waals surface area contributed by atoms with Crippen LogP contribution in [0.5, 0.6) is 11.5 Å². The molecule has 0 amide bonds. The predicted octanol–water partition coefficient (Wildman–Crippen LogP) is 0.214. The van der Waals surface area contributed by atoms with Crippen LogP contribution in [-0.2, 0) is 6.42 Å². The summed E-state index contributed by atoms with van der Waals surface area (Å²) in [5.41, 5.74) is 0.722. The first kappa shape index (κ1) is 12.3. The second-order valence-corrected chi connectivity index (χ2v) is 3.55. The quantitative estimate of drug-likeness (QED) is 0.817. The summed E-state index contributed by atoms with van der Waals surface area (Å²) in [7, 11) is 3.15. The van der Waals surface area contributed by atoms with E-state index in [1.54, 1.807) is 37.1 Å². The van der Waals surface area contributed by atoms with Gasteiger partial charge in [-0.2, -0.15) is 4.68 Å². The van der Waals surface area contributed by atoms with Crippen molar-refractivity contribution in [1.29, 1.82) is 0 Å². The Bertz CT molecular complexity index is 505. The van der Waals surface area contributed by atoms with Gasteiger partial charge in [-0.05, 0) is 10.4 Å². The summed E-state index contributed by atoms with van der Waals surface area (Å²) < 4.78 is 11.9. The average Bonchev–Trinajstić information content (AvgIpc) is 2.87. The van der Waals surface area contributed by atoms with Crippen LogP contribution in [-0.4, -0.2) is 46.1 Å². The minimum absolute atomic E-state index is 0.0124. The van der Waals surface area contributed by atoms with Crippen LogP contribution >= 0.6 is 0 Å². The summed E-state index contributed by atoms with van der Waals surface area (Å²) in [6, 6.07) is 5.35. The minimum Gasteiger partial charge on any atom is -0.497 e. The van der Waals surface area contributed by atoms with E-state index in [1.165, 1.54) is 0 Å². The molecule has 7 heteroatoms. The molecule has 0 atom stereocenters. The van der Waals surface area contributed by atoms with E-state index in [0.717, 1.165) is 5.69 Å². The molecule has 0 bridgehead atoms. The van der Waals surface area contributed by atoms with E-state index in [-0.39, 0.29) is 6.61 Å². The molecule has 0 radical (unpaired) electrons. The number of hydrogen-bond acceptors (Lipinski definition) is 6. The number of hydrogen-bond donors (Lipinski definition) is 1. The zero-order valence-corrected chi connectivity index (χ0v) is 10.2. The van der Waals surface area contributed by atoms with Gasteiger partial charge in [-0.1, -0.05) is 0 Å². The van der Waals surface area contributed by atoms with Gasteiger partial charge in [-0.15, -0.1) is 5.10 Å². The molecule has 2 rings (SSSR count). The number of ether oxygens (including phenoxy) is 2. The van der Waals surface area contributed by atoms with Crippen molar-refractivity contribution < 1.29 is 14.6 Å². The van der Waals surface area contributed by atoms with E-state index in [0.29, 0.717) is 23.7 Å². The van der Waals surface area contributed by atoms with Crippen LogP contribution in [0, 0.1) is 0 Å². The molecule has 0 saturated carbocycles. The van der Waals surface area contributed by atoms with E-state index in [9.17, 15) is 0 Å². The SMILES string of the molecule is COc1cc(OC)cc(-n2nnnc2CCO)c1. The van der Waals surface area contributed by atoms with Crippen molar-refractivity contribution in [3.63, 3.8) is 0 Å². The van der Waals surface area contributed by atoms with Gasteiger partial charge in [0, 0.05) is 24.6 Å². The van der Waals surface area contributed by atoms with Crippen molar-refractivity contribution in [2.24, 2.45) is 0 Å². The lowest BCUT2D eigenvalue weighted by Gasteiger charge is -2.09. The molecule has 18 heavy (non-hydrogen) atoms. The van der Waals surface area contributed by atoms with Gasteiger partial charge in [0.2, 0.25) is 0 Å². The maximum atomic E-state index is 8.95. The van der Waals surface area contributed by atoms with E-state index in [4.69, 9.17) is 14.6 Å². The zero-order chi connectivity index (χ0) is 13.0. The Hall–Kier alpha value is -2.15. The summed E-state index contributed by atoms with van der Waals surface area (Å²) in [5.74, 6) is 1.87. The van der Waals surface area contributed by atoms with Crippen LogP contribution in [0.2, 0.25) is 0 Å². The first-order valence-corrected chi connectivity index (χ1v) is 5.40. The Labute approximate surface area is 104 Å². The van der Waals surface area contributed by atoms with E-state index in [2.05, 4.69) is 15.5 Å². The lowest BCUT2D eigenvalue weighted by Crippen LogP contribution is -2.05. The fraction of sp³-hybridized carbons (Fsp3) is 0.364. The molecule has 96 valence electrons. The Kier molecular flexibility index (Phi) is 3.73. The normalized spacial score (nSPS) is 10.4. The average molecular weight is 250 g/mol. The van der Waals surface area contributed by atoms with Crippen molar-refractivity contribution in [1.82, 2.24) is 20.2 Å². The highest BCUT2D eigenvalue weighted by Crippen LogP contribution is 2.24. The van der Waals surface area contributed by atoms with Crippen LogP contribution in [0.25, 0.3) is 5.69 Å². The van der Waals surface area contributed by atoms with Crippen molar-refractivity contribution >= 4 is 0 Å². The molecule has 0 aliphatic rings. The number of nitrogens with zero attached hydrogens (tertiary/aromatic N) is 4. The highest BCUT2D eigenvalue weighted by atomic mass is 16.5. The van der Waals surface area contributed by atoms with Gasteiger partial charge in [0.15, 0.2) is 5.82 Å². The molecule has 0 spiro atoms. The third kappa shape index (κ3) is 2.40. The van der Waals surface area contributed by atoms with Crippen LogP contribution in [0.1, 0.15) is 5.82 Å². The smallest absolute Gasteiger partial charge is 0.158 e. The molecule has 1 N–H and O–H groups in total. The minimum atomic E-state index is -0.0124. The molecule has 1 heterocycles. The summed E-state index contributed by atoms with van der Waals surface area (Å²) >= 11 is 0. The Morgan fingerprint density at radius 2 is 1.83 bits per heavy atom. The maximum absolute atomic E-state index is 8.95. The molecule has 0 fully saturated rings. The molecular weight excluding hydrogens is 236 g/mol. The maximum Gasteiger partial charge on any atom is 0.158 e. The molecule has 0 saturated heterocycles. The van der Waals surface area contributed by atoms with Crippen LogP contribution < -0.4 is 9.47 Å². The summed E-state index contributed by atoms with van der Waals surface area (Å²) in [6.07, 6.45) is 0.381. The van der Waals surface area contributed by atoms with Crippen LogP contribution in [0.15, 0.2) is 18.2 Å². The standard InChI is InChI=1S/C11H14N4O3/c1-17-9-5-8(6-10(7-9)18-2)15-11(3-4-16)12-13-14-15/h5-7,16H,3-4H2,1-2H3. The van der Waals surface area contributed by atoms with Gasteiger partial charge in [-0.25, -0.2) is 0 Å². The lowest BCUT2D eigenvalue weighted by atomic mass is 10.2. The van der Waals surface area contributed by atoms with Gasteiger partial charge in [0.1, 0.15) is 11.5 Å². The van der Waals surface area contributed by atoms with Gasteiger partial charge in [0.05, 0.1) is 26.5 Å². The zero-order valence-electron chi connectivity index (χ0n) is 10.2. The van der Waals surface area contributed by atoms with Crippen LogP contribution in [0.3, 0.4) is 0 Å². The second kappa shape index (κ2) is 5.46. The summed E-state index contributed by atoms with van der Waals surface area (Å²) in [5, 5.41) is 20.3. The van der Waals surface area contributed by atoms with Crippen molar-refractivity contribution in [3.8, 4) is 17.2 Å². The van der Waals surface area contributed by atoms with Gasteiger partial charge >= 0.3 is 0 Å². The topological polar surface area (TPSA) is 82.3 Å². The number of rotatable bonds is 5. The van der Waals surface area contributed by atoms with Crippen molar-refractivity contribution in [3.05, 3.63) is 24.0 Å². The number of methoxy groups -OCH3 is 2. The first-order valence-electron chi connectivity index (χ1n) is 5.40. The highest BCUT2D eigenvalue weighted by Gasteiger charge is 2.10. The van der Waals surface area contributed by atoms with E-state index in [1.807, 2.05) is 0 Å². The molecule has 2 aromatic rings. The number of benzene rings is 1. The Balaban J connectivity index is 2.45. The van der Waals surface area contributed by atoms with Gasteiger partial charge in [0.25, 0.3) is 0 Å². The van der Waals surface area contributed by atoms with Crippen LogP contribution in [0.4, 0.5) is 0 Å². The number of aliphatic hydroxyl groups excluding tert-OH is 1. The summed E-state index contributed by atoms with van der Waals surface area (Å²) in [4.78, 5) is 0. The lowest BCUT2D eigenvalue weighted by molar-refractivity contribution is 0.295. The van der Waals surface area contributed by atoms with Gasteiger partial charge in [-0.3, -0.25) is 0 Å². The fourth-order valence-corrected chi connectivity index (χ4v) is 1.58. The third-order valence-electron chi connectivity index (χ3n) is 2.45. The Morgan fingerprint density at radius 3 is 2.39 bits per heavy atom. The molecule has 0 unspecified atom stereocenters. The molecular formula is C11H14N4O3. The van der Waals surface area contributed by atoms with E-state index < -0.39 is 0 Å². The second-order valence-electron chi connectivity index (χ2n) is 3.55. The molecule has 0 aliphatic heterocycles. The largest absolute Gasteiger partial charge is 0.497 e. The first-order chi connectivity index (χ1) is 8.78. The fourth-order valence-electron chi connectivity index (χ4n) is 1.58. The number of tetrazole rings is 1. The van der Waals surface area contributed by atoms with Crippen molar-refractivity contribution in [2.45, 2.75) is 6.42 Å². The third-order valence-corrected chi connectivity index (χ3v) is 2.45. The number of aromatic nitrogens is 4. The predicted molar refractivity (Wildman–Crippen MR) is 63.0 cm³/mol. The Morgan fingerprint density at radius 1 is 1.17 bits per heavy atom. The molecule has 0 aliphatic carbocycles. The van der Waals surface area contributed by atoms with Gasteiger partial charge < -0.3 is 14.6 Å². The monoisotopic (exact) mass is 250 g/mol. The van der Waals surface area contributed by atoms with E-state index >= 15 is 0 Å². The number of aliphatic hydroxyl groups is 1. The summed E-state index contributed by atoms with van der Waals surface area (Å²) in [6.45, 7) is -0.0124.